The van der Waals surface area contributed by atoms with E-state index in [0.29, 0.717) is 18.0 Å². The minimum atomic E-state index is -0.0569. The monoisotopic (exact) mass is 290 g/mol. The van der Waals surface area contributed by atoms with Crippen LogP contribution in [0.1, 0.15) is 25.0 Å². The fraction of sp³-hybridized carbons (Fsp3) is 0.214. The lowest BCUT2D eigenvalue weighted by molar-refractivity contribution is 0.0955. The van der Waals surface area contributed by atoms with Crippen molar-refractivity contribution < 1.29 is 4.79 Å². The molecule has 2 aromatic heterocycles. The molecule has 0 aliphatic rings. The molecule has 0 radical (unpaired) electrons. The summed E-state index contributed by atoms with van der Waals surface area (Å²) in [5, 5.41) is 4.95. The maximum atomic E-state index is 12.0. The van der Waals surface area contributed by atoms with Crippen LogP contribution in [0.3, 0.4) is 0 Å². The normalized spacial score (nSPS) is 9.79. The highest BCUT2D eigenvalue weighted by Crippen LogP contribution is 2.17. The largest absolute Gasteiger partial charge is 0.346 e. The van der Waals surface area contributed by atoms with Crippen molar-refractivity contribution in [3.05, 3.63) is 43.8 Å². The van der Waals surface area contributed by atoms with Gasteiger partial charge in [-0.05, 0) is 36.1 Å². The molecule has 0 fully saturated rings. The number of hydrogen-bond acceptors (Lipinski definition) is 4. The average Bonchev–Trinajstić information content (AvgIpc) is 3.03. The van der Waals surface area contributed by atoms with Crippen molar-refractivity contribution in [1.29, 1.82) is 0 Å². The molecular weight excluding hydrogens is 276 g/mol. The predicted octanol–water partition coefficient (Wildman–Crippen LogP) is 2.36. The van der Waals surface area contributed by atoms with Gasteiger partial charge in [-0.25, -0.2) is 0 Å². The SMILES string of the molecule is Cc1ccsc1CNC(=O)c1ccc(C#CCN)s1. The molecule has 3 N–H and O–H groups in total. The van der Waals surface area contributed by atoms with Gasteiger partial charge >= 0.3 is 0 Å². The van der Waals surface area contributed by atoms with E-state index < -0.39 is 0 Å². The predicted molar refractivity (Wildman–Crippen MR) is 80.5 cm³/mol. The number of thiophene rings is 2. The Morgan fingerprint density at radius 2 is 2.26 bits per heavy atom. The lowest BCUT2D eigenvalue weighted by atomic mass is 10.3. The minimum Gasteiger partial charge on any atom is -0.346 e. The maximum absolute atomic E-state index is 12.0. The average molecular weight is 290 g/mol. The first-order valence-corrected chi connectivity index (χ1v) is 7.50. The van der Waals surface area contributed by atoms with Crippen LogP contribution in [0.2, 0.25) is 0 Å². The molecule has 1 amide bonds. The molecule has 0 saturated carbocycles. The van der Waals surface area contributed by atoms with Crippen molar-refractivity contribution in [3.8, 4) is 11.8 Å². The maximum Gasteiger partial charge on any atom is 0.261 e. The second-order valence-corrected chi connectivity index (χ2v) is 5.96. The molecular formula is C14H14N2OS2. The number of carbonyl (C=O) groups excluding carboxylic acids is 1. The number of amides is 1. The zero-order chi connectivity index (χ0) is 13.7. The van der Waals surface area contributed by atoms with E-state index in [1.165, 1.54) is 21.8 Å². The number of rotatable bonds is 3. The molecule has 5 heteroatoms. The van der Waals surface area contributed by atoms with Crippen LogP contribution < -0.4 is 11.1 Å². The van der Waals surface area contributed by atoms with Gasteiger partial charge in [0.15, 0.2) is 0 Å². The number of carbonyl (C=O) groups is 1. The first-order valence-electron chi connectivity index (χ1n) is 5.80. The topological polar surface area (TPSA) is 55.1 Å². The van der Waals surface area contributed by atoms with E-state index in [9.17, 15) is 4.79 Å². The smallest absolute Gasteiger partial charge is 0.261 e. The molecule has 2 rings (SSSR count). The summed E-state index contributed by atoms with van der Waals surface area (Å²) >= 11 is 3.04. The Balaban J connectivity index is 1.96. The molecule has 2 aromatic rings. The van der Waals surface area contributed by atoms with Gasteiger partial charge in [0.25, 0.3) is 5.91 Å². The van der Waals surface area contributed by atoms with E-state index in [1.54, 1.807) is 17.4 Å². The van der Waals surface area contributed by atoms with Crippen LogP contribution in [0.5, 0.6) is 0 Å². The second kappa shape index (κ2) is 6.53. The van der Waals surface area contributed by atoms with Crippen molar-refractivity contribution in [1.82, 2.24) is 5.32 Å². The van der Waals surface area contributed by atoms with E-state index in [2.05, 4.69) is 23.2 Å². The van der Waals surface area contributed by atoms with Gasteiger partial charge in [-0.3, -0.25) is 4.79 Å². The van der Waals surface area contributed by atoms with Crippen molar-refractivity contribution in [2.24, 2.45) is 5.73 Å². The second-order valence-electron chi connectivity index (χ2n) is 3.88. The van der Waals surface area contributed by atoms with E-state index in [4.69, 9.17) is 5.73 Å². The molecule has 3 nitrogen and oxygen atoms in total. The van der Waals surface area contributed by atoms with Gasteiger partial charge < -0.3 is 11.1 Å². The molecule has 0 unspecified atom stereocenters. The summed E-state index contributed by atoms with van der Waals surface area (Å²) in [6, 6.07) is 5.69. The van der Waals surface area contributed by atoms with Gasteiger partial charge in [0, 0.05) is 4.88 Å². The Morgan fingerprint density at radius 1 is 1.42 bits per heavy atom. The van der Waals surface area contributed by atoms with Crippen LogP contribution >= 0.6 is 22.7 Å². The summed E-state index contributed by atoms with van der Waals surface area (Å²) in [5.41, 5.74) is 6.53. The van der Waals surface area contributed by atoms with Crippen molar-refractivity contribution in [3.63, 3.8) is 0 Å². The highest BCUT2D eigenvalue weighted by molar-refractivity contribution is 7.14. The first-order chi connectivity index (χ1) is 9.20. The number of nitrogens with one attached hydrogen (secondary N) is 1. The highest BCUT2D eigenvalue weighted by Gasteiger charge is 2.09. The Morgan fingerprint density at radius 3 is 2.95 bits per heavy atom. The third-order valence-corrected chi connectivity index (χ3v) is 4.54. The van der Waals surface area contributed by atoms with Gasteiger partial charge in [0.2, 0.25) is 0 Å². The molecule has 0 atom stereocenters. The summed E-state index contributed by atoms with van der Waals surface area (Å²) < 4.78 is 0. The summed E-state index contributed by atoms with van der Waals surface area (Å²) in [6.45, 7) is 2.95. The van der Waals surface area contributed by atoms with Crippen LogP contribution in [-0.2, 0) is 6.54 Å². The number of nitrogens with two attached hydrogens (primary N) is 1. The summed E-state index contributed by atoms with van der Waals surface area (Å²) in [7, 11) is 0. The molecule has 98 valence electrons. The third-order valence-electron chi connectivity index (χ3n) is 2.52. The Bertz CT molecular complexity index is 631. The Labute approximate surface area is 120 Å². The highest BCUT2D eigenvalue weighted by atomic mass is 32.1. The summed E-state index contributed by atoms with van der Waals surface area (Å²) in [4.78, 5) is 14.7. The number of aryl methyl sites for hydroxylation is 1. The lowest BCUT2D eigenvalue weighted by Crippen LogP contribution is -2.21. The quantitative estimate of drug-likeness (QED) is 0.853. The van der Waals surface area contributed by atoms with E-state index in [1.807, 2.05) is 18.4 Å². The molecule has 0 aliphatic heterocycles. The molecule has 19 heavy (non-hydrogen) atoms. The van der Waals surface area contributed by atoms with E-state index >= 15 is 0 Å². The van der Waals surface area contributed by atoms with Gasteiger partial charge in [-0.15, -0.1) is 22.7 Å². The van der Waals surface area contributed by atoms with Crippen molar-refractivity contribution in [2.75, 3.05) is 6.54 Å². The van der Waals surface area contributed by atoms with Crippen LogP contribution in [-0.4, -0.2) is 12.5 Å². The standard InChI is InChI=1S/C14H14N2OS2/c1-10-6-8-18-13(10)9-16-14(17)12-5-4-11(19-12)3-2-7-15/h4-6,8H,7,9,15H2,1H3,(H,16,17). The van der Waals surface area contributed by atoms with Crippen LogP contribution in [0.25, 0.3) is 0 Å². The van der Waals surface area contributed by atoms with Gasteiger partial charge in [-0.1, -0.05) is 11.8 Å². The molecule has 0 aromatic carbocycles. The minimum absolute atomic E-state index is 0.0569. The van der Waals surface area contributed by atoms with Crippen LogP contribution in [0.15, 0.2) is 23.6 Å². The Hall–Kier alpha value is -1.61. The van der Waals surface area contributed by atoms with Crippen molar-refractivity contribution in [2.45, 2.75) is 13.5 Å². The Kier molecular flexibility index (Phi) is 4.74. The molecule has 0 aliphatic carbocycles. The zero-order valence-corrected chi connectivity index (χ0v) is 12.2. The lowest BCUT2D eigenvalue weighted by Gasteiger charge is -2.02. The van der Waals surface area contributed by atoms with E-state index in [0.717, 1.165) is 4.88 Å². The van der Waals surface area contributed by atoms with Crippen LogP contribution in [0, 0.1) is 18.8 Å². The van der Waals surface area contributed by atoms with Gasteiger partial charge in [0.05, 0.1) is 22.8 Å². The molecule has 0 bridgehead atoms. The fourth-order valence-corrected chi connectivity index (χ4v) is 3.14. The van der Waals surface area contributed by atoms with Gasteiger partial charge in [-0.2, -0.15) is 0 Å². The molecule has 0 saturated heterocycles. The van der Waals surface area contributed by atoms with Crippen molar-refractivity contribution >= 4 is 28.6 Å². The summed E-state index contributed by atoms with van der Waals surface area (Å²) in [5.74, 6) is 5.64. The van der Waals surface area contributed by atoms with Crippen LogP contribution in [0.4, 0.5) is 0 Å². The zero-order valence-electron chi connectivity index (χ0n) is 10.5. The fourth-order valence-electron chi connectivity index (χ4n) is 1.50. The molecule has 2 heterocycles. The first kappa shape index (κ1) is 13.8. The van der Waals surface area contributed by atoms with Gasteiger partial charge in [0.1, 0.15) is 0 Å². The molecule has 0 spiro atoms. The summed E-state index contributed by atoms with van der Waals surface area (Å²) in [6.07, 6.45) is 0. The third kappa shape index (κ3) is 3.67. The number of hydrogen-bond donors (Lipinski definition) is 2. The van der Waals surface area contributed by atoms with E-state index in [-0.39, 0.29) is 5.91 Å².